The largest absolute Gasteiger partial charge is 0.494 e. The second-order valence-corrected chi connectivity index (χ2v) is 7.08. The Balaban J connectivity index is 1.97. The van der Waals surface area contributed by atoms with E-state index in [9.17, 15) is 9.59 Å². The van der Waals surface area contributed by atoms with Crippen molar-refractivity contribution in [1.29, 1.82) is 0 Å². The minimum absolute atomic E-state index is 0.108. The number of likely N-dealkylation sites (N-methyl/N-ethyl adjacent to an activating group) is 1. The smallest absolute Gasteiger partial charge is 0.242 e. The summed E-state index contributed by atoms with van der Waals surface area (Å²) in [5, 5.41) is 3.18. The molecule has 0 radical (unpaired) electrons. The van der Waals surface area contributed by atoms with Crippen molar-refractivity contribution in [3.8, 4) is 5.75 Å². The molecule has 0 saturated carbocycles. The molecule has 0 spiro atoms. The van der Waals surface area contributed by atoms with Crippen molar-refractivity contribution in [3.63, 3.8) is 0 Å². The van der Waals surface area contributed by atoms with E-state index >= 15 is 0 Å². The molecule has 0 bridgehead atoms. The molecule has 0 fully saturated rings. The summed E-state index contributed by atoms with van der Waals surface area (Å²) in [5.41, 5.74) is 1.98. The molecular formula is C22H27ClN2O3. The van der Waals surface area contributed by atoms with Gasteiger partial charge in [-0.3, -0.25) is 9.59 Å². The Bertz CT molecular complexity index is 793. The van der Waals surface area contributed by atoms with Crippen LogP contribution in [0.4, 0.5) is 0 Å². The number of amides is 2. The van der Waals surface area contributed by atoms with Crippen LogP contribution in [-0.2, 0) is 16.1 Å². The number of rotatable bonds is 9. The van der Waals surface area contributed by atoms with Gasteiger partial charge in [0.05, 0.1) is 6.61 Å². The number of ether oxygens (including phenoxy) is 1. The van der Waals surface area contributed by atoms with E-state index < -0.39 is 6.04 Å². The van der Waals surface area contributed by atoms with Gasteiger partial charge in [-0.25, -0.2) is 0 Å². The lowest BCUT2D eigenvalue weighted by molar-refractivity contribution is -0.140. The maximum Gasteiger partial charge on any atom is 0.242 e. The van der Waals surface area contributed by atoms with Crippen LogP contribution in [-0.4, -0.2) is 36.4 Å². The van der Waals surface area contributed by atoms with Crippen LogP contribution in [0.15, 0.2) is 48.5 Å². The third-order valence-corrected chi connectivity index (χ3v) is 4.91. The molecule has 1 N–H and O–H groups in total. The number of halogens is 1. The highest BCUT2D eigenvalue weighted by Crippen LogP contribution is 2.19. The van der Waals surface area contributed by atoms with Gasteiger partial charge in [-0.15, -0.1) is 0 Å². The quantitative estimate of drug-likeness (QED) is 0.645. The zero-order valence-electron chi connectivity index (χ0n) is 16.6. The first-order valence-electron chi connectivity index (χ1n) is 9.36. The number of hydrogen-bond acceptors (Lipinski definition) is 3. The molecule has 1 atom stereocenters. The standard InChI is InChI=1S/C22H27ClN2O3/c1-16-10-12-19(13-11-16)28-14-6-9-21(26)25(17(2)22(27)24-3)15-18-7-4-5-8-20(18)23/h4-5,7-8,10-13,17H,6,9,14-15H2,1-3H3,(H,24,27)/t17-/m0/s1. The number of hydrogen-bond donors (Lipinski definition) is 1. The maximum atomic E-state index is 12.8. The fourth-order valence-corrected chi connectivity index (χ4v) is 2.99. The molecule has 0 aliphatic carbocycles. The Morgan fingerprint density at radius 2 is 1.82 bits per heavy atom. The number of benzene rings is 2. The van der Waals surface area contributed by atoms with Crippen LogP contribution in [0.2, 0.25) is 5.02 Å². The Kier molecular flexibility index (Phi) is 8.33. The van der Waals surface area contributed by atoms with Gasteiger partial charge in [-0.1, -0.05) is 47.5 Å². The Labute approximate surface area is 171 Å². The van der Waals surface area contributed by atoms with E-state index in [4.69, 9.17) is 16.3 Å². The summed E-state index contributed by atoms with van der Waals surface area (Å²) >= 11 is 6.24. The summed E-state index contributed by atoms with van der Waals surface area (Å²) in [7, 11) is 1.56. The average molecular weight is 403 g/mol. The minimum atomic E-state index is -0.591. The Morgan fingerprint density at radius 1 is 1.14 bits per heavy atom. The first-order valence-corrected chi connectivity index (χ1v) is 9.74. The number of nitrogens with zero attached hydrogens (tertiary/aromatic N) is 1. The lowest BCUT2D eigenvalue weighted by Crippen LogP contribution is -2.46. The van der Waals surface area contributed by atoms with Gasteiger partial charge in [0, 0.05) is 25.0 Å². The molecule has 6 heteroatoms. The van der Waals surface area contributed by atoms with E-state index in [1.54, 1.807) is 24.9 Å². The van der Waals surface area contributed by atoms with Crippen molar-refractivity contribution in [3.05, 3.63) is 64.7 Å². The van der Waals surface area contributed by atoms with E-state index in [1.165, 1.54) is 5.56 Å². The third kappa shape index (κ3) is 6.27. The van der Waals surface area contributed by atoms with Gasteiger partial charge in [0.1, 0.15) is 11.8 Å². The highest BCUT2D eigenvalue weighted by Gasteiger charge is 2.25. The normalized spacial score (nSPS) is 11.6. The summed E-state index contributed by atoms with van der Waals surface area (Å²) in [6.45, 7) is 4.45. The maximum absolute atomic E-state index is 12.8. The minimum Gasteiger partial charge on any atom is -0.494 e. The predicted molar refractivity (Wildman–Crippen MR) is 111 cm³/mol. The molecule has 2 amide bonds. The summed E-state index contributed by atoms with van der Waals surface area (Å²) in [6, 6.07) is 14.5. The van der Waals surface area contributed by atoms with Gasteiger partial charge in [0.25, 0.3) is 0 Å². The predicted octanol–water partition coefficient (Wildman–Crippen LogP) is 3.97. The summed E-state index contributed by atoms with van der Waals surface area (Å²) in [5.74, 6) is 0.463. The molecule has 150 valence electrons. The fraction of sp³-hybridized carbons (Fsp3) is 0.364. The van der Waals surface area contributed by atoms with Crippen molar-refractivity contribution in [2.24, 2.45) is 0 Å². The molecule has 2 aromatic rings. The molecule has 0 aromatic heterocycles. The van der Waals surface area contributed by atoms with Crippen LogP contribution < -0.4 is 10.1 Å². The van der Waals surface area contributed by atoms with Crippen LogP contribution in [0.3, 0.4) is 0 Å². The SMILES string of the molecule is CNC(=O)[C@H](C)N(Cc1ccccc1Cl)C(=O)CCCOc1ccc(C)cc1. The molecule has 5 nitrogen and oxygen atoms in total. The zero-order valence-corrected chi connectivity index (χ0v) is 17.3. The van der Waals surface area contributed by atoms with Crippen LogP contribution in [0.1, 0.15) is 30.9 Å². The first kappa shape index (κ1) is 21.8. The molecular weight excluding hydrogens is 376 g/mol. The first-order chi connectivity index (χ1) is 13.4. The van der Waals surface area contributed by atoms with E-state index in [2.05, 4.69) is 5.32 Å². The number of nitrogens with one attached hydrogen (secondary N) is 1. The highest BCUT2D eigenvalue weighted by molar-refractivity contribution is 6.31. The molecule has 28 heavy (non-hydrogen) atoms. The van der Waals surface area contributed by atoms with Crippen LogP contribution >= 0.6 is 11.6 Å². The molecule has 0 aliphatic rings. The Hall–Kier alpha value is -2.53. The summed E-state index contributed by atoms with van der Waals surface area (Å²) < 4.78 is 5.69. The summed E-state index contributed by atoms with van der Waals surface area (Å²) in [6.07, 6.45) is 0.851. The van der Waals surface area contributed by atoms with Crippen molar-refractivity contribution < 1.29 is 14.3 Å². The fourth-order valence-electron chi connectivity index (χ4n) is 2.79. The van der Waals surface area contributed by atoms with Crippen molar-refractivity contribution in [2.45, 2.75) is 39.3 Å². The number of carbonyl (C=O) groups excluding carboxylic acids is 2. The van der Waals surface area contributed by atoms with Crippen molar-refractivity contribution >= 4 is 23.4 Å². The number of aryl methyl sites for hydroxylation is 1. The lowest BCUT2D eigenvalue weighted by Gasteiger charge is -2.28. The lowest BCUT2D eigenvalue weighted by atomic mass is 10.1. The van der Waals surface area contributed by atoms with E-state index in [0.717, 1.165) is 11.3 Å². The molecule has 0 heterocycles. The average Bonchev–Trinajstić information content (AvgIpc) is 2.70. The topological polar surface area (TPSA) is 58.6 Å². The van der Waals surface area contributed by atoms with E-state index in [-0.39, 0.29) is 24.8 Å². The molecule has 2 rings (SSSR count). The third-order valence-electron chi connectivity index (χ3n) is 4.54. The van der Waals surface area contributed by atoms with Gasteiger partial charge in [0.2, 0.25) is 11.8 Å². The van der Waals surface area contributed by atoms with Gasteiger partial charge in [-0.05, 0) is 44.0 Å². The van der Waals surface area contributed by atoms with Gasteiger partial charge in [-0.2, -0.15) is 0 Å². The Morgan fingerprint density at radius 3 is 2.46 bits per heavy atom. The van der Waals surface area contributed by atoms with Crippen LogP contribution in [0.25, 0.3) is 0 Å². The van der Waals surface area contributed by atoms with Crippen molar-refractivity contribution in [1.82, 2.24) is 10.2 Å². The monoisotopic (exact) mass is 402 g/mol. The summed E-state index contributed by atoms with van der Waals surface area (Å²) in [4.78, 5) is 26.5. The molecule has 0 saturated heterocycles. The van der Waals surface area contributed by atoms with Gasteiger partial charge >= 0.3 is 0 Å². The van der Waals surface area contributed by atoms with Crippen LogP contribution in [0, 0.1) is 6.92 Å². The number of carbonyl (C=O) groups is 2. The molecule has 0 unspecified atom stereocenters. The van der Waals surface area contributed by atoms with Crippen molar-refractivity contribution in [2.75, 3.05) is 13.7 Å². The van der Waals surface area contributed by atoms with Gasteiger partial charge < -0.3 is 15.0 Å². The van der Waals surface area contributed by atoms with E-state index in [0.29, 0.717) is 18.1 Å². The van der Waals surface area contributed by atoms with Crippen LogP contribution in [0.5, 0.6) is 5.75 Å². The zero-order chi connectivity index (χ0) is 20.5. The van der Waals surface area contributed by atoms with E-state index in [1.807, 2.05) is 49.4 Å². The second-order valence-electron chi connectivity index (χ2n) is 6.67. The van der Waals surface area contributed by atoms with Gasteiger partial charge in [0.15, 0.2) is 0 Å². The molecule has 0 aliphatic heterocycles. The highest BCUT2D eigenvalue weighted by atomic mass is 35.5. The molecule has 2 aromatic carbocycles. The second kappa shape index (κ2) is 10.7.